The van der Waals surface area contributed by atoms with Gasteiger partial charge < -0.3 is 15.2 Å². The van der Waals surface area contributed by atoms with Crippen LogP contribution in [0.15, 0.2) is 24.3 Å². The lowest BCUT2D eigenvalue weighted by Gasteiger charge is -2.14. The van der Waals surface area contributed by atoms with E-state index in [-0.39, 0.29) is 5.75 Å². The number of alkyl halides is 3. The minimum atomic E-state index is -4.80. The fourth-order valence-electron chi connectivity index (χ4n) is 2.68. The van der Waals surface area contributed by atoms with Gasteiger partial charge in [-0.2, -0.15) is 0 Å². The molecule has 0 heterocycles. The van der Waals surface area contributed by atoms with Crippen molar-refractivity contribution < 1.29 is 32.6 Å². The van der Waals surface area contributed by atoms with E-state index in [9.17, 15) is 22.8 Å². The Kier molecular flexibility index (Phi) is 3.50. The molecule has 0 spiro atoms. The summed E-state index contributed by atoms with van der Waals surface area (Å²) < 4.78 is 41.2. The Labute approximate surface area is 129 Å². The van der Waals surface area contributed by atoms with Crippen molar-refractivity contribution in [2.45, 2.75) is 37.1 Å². The highest BCUT2D eigenvalue weighted by molar-refractivity contribution is 5.92. The minimum Gasteiger partial charge on any atom is -0.480 e. The van der Waals surface area contributed by atoms with Crippen LogP contribution in [0.2, 0.25) is 0 Å². The summed E-state index contributed by atoms with van der Waals surface area (Å²) in [6.45, 7) is 0. The highest BCUT2D eigenvalue weighted by atomic mass is 19.4. The molecule has 0 bridgehead atoms. The molecule has 0 unspecified atom stereocenters. The second-order valence-corrected chi connectivity index (χ2v) is 5.91. The van der Waals surface area contributed by atoms with Crippen molar-refractivity contribution in [2.75, 3.05) is 0 Å². The third kappa shape index (κ3) is 3.25. The van der Waals surface area contributed by atoms with Crippen LogP contribution < -0.4 is 10.1 Å². The molecule has 2 N–H and O–H groups in total. The van der Waals surface area contributed by atoms with Crippen LogP contribution >= 0.6 is 0 Å². The fourth-order valence-corrected chi connectivity index (χ4v) is 2.68. The summed E-state index contributed by atoms with van der Waals surface area (Å²) in [6.07, 6.45) is -3.68. The Morgan fingerprint density at radius 2 is 1.91 bits per heavy atom. The first-order valence-electron chi connectivity index (χ1n) is 7.12. The molecule has 23 heavy (non-hydrogen) atoms. The fraction of sp³-hybridized carbons (Fsp3) is 0.467. The van der Waals surface area contributed by atoms with Gasteiger partial charge in [0, 0.05) is 5.92 Å². The number of rotatable bonds is 5. The van der Waals surface area contributed by atoms with E-state index in [1.54, 1.807) is 6.07 Å². The van der Waals surface area contributed by atoms with Gasteiger partial charge in [-0.25, -0.2) is 4.79 Å². The van der Waals surface area contributed by atoms with E-state index in [1.165, 1.54) is 18.2 Å². The summed E-state index contributed by atoms with van der Waals surface area (Å²) in [6, 6.07) is 5.69. The van der Waals surface area contributed by atoms with Gasteiger partial charge in [0.2, 0.25) is 5.91 Å². The van der Waals surface area contributed by atoms with Crippen LogP contribution in [-0.4, -0.2) is 28.9 Å². The number of ether oxygens (including phenoxy) is 1. The first kappa shape index (κ1) is 15.6. The number of carbonyl (C=O) groups excluding carboxylic acids is 1. The number of para-hydroxylation sites is 1. The summed E-state index contributed by atoms with van der Waals surface area (Å²) in [4.78, 5) is 23.2. The van der Waals surface area contributed by atoms with E-state index in [4.69, 9.17) is 5.11 Å². The molecule has 0 aromatic heterocycles. The first-order chi connectivity index (χ1) is 10.7. The lowest BCUT2D eigenvalue weighted by atomic mass is 10.1. The quantitative estimate of drug-likeness (QED) is 0.870. The zero-order chi connectivity index (χ0) is 16.8. The molecule has 2 aliphatic rings. The molecule has 0 radical (unpaired) electrons. The third-order valence-electron chi connectivity index (χ3n) is 4.19. The Balaban J connectivity index is 1.69. The molecule has 0 saturated heterocycles. The summed E-state index contributed by atoms with van der Waals surface area (Å²) in [7, 11) is 0. The number of benzene rings is 1. The maximum Gasteiger partial charge on any atom is 0.573 e. The lowest BCUT2D eigenvalue weighted by molar-refractivity contribution is -0.274. The Morgan fingerprint density at radius 3 is 2.48 bits per heavy atom. The number of nitrogens with one attached hydrogen (secondary N) is 1. The van der Waals surface area contributed by atoms with Crippen LogP contribution in [0.25, 0.3) is 0 Å². The van der Waals surface area contributed by atoms with E-state index in [0.717, 1.165) is 0 Å². The van der Waals surface area contributed by atoms with Gasteiger partial charge in [-0.3, -0.25) is 4.79 Å². The zero-order valence-electron chi connectivity index (χ0n) is 11.9. The van der Waals surface area contributed by atoms with Gasteiger partial charge in [-0.15, -0.1) is 13.2 Å². The molecule has 1 amide bonds. The van der Waals surface area contributed by atoms with Crippen molar-refractivity contribution in [3.05, 3.63) is 29.8 Å². The average molecular weight is 329 g/mol. The van der Waals surface area contributed by atoms with Crippen LogP contribution in [-0.2, 0) is 9.59 Å². The maximum atomic E-state index is 12.4. The molecule has 3 rings (SSSR count). The third-order valence-corrected chi connectivity index (χ3v) is 4.19. The van der Waals surface area contributed by atoms with Crippen molar-refractivity contribution in [3.8, 4) is 5.75 Å². The average Bonchev–Trinajstić information content (AvgIpc) is 3.32. The van der Waals surface area contributed by atoms with Gasteiger partial charge in [-0.05, 0) is 36.8 Å². The second-order valence-electron chi connectivity index (χ2n) is 5.91. The molecular formula is C15H14F3NO4. The summed E-state index contributed by atoms with van der Waals surface area (Å²) in [5.74, 6) is -2.75. The second kappa shape index (κ2) is 5.14. The van der Waals surface area contributed by atoms with Crippen LogP contribution in [0.5, 0.6) is 5.75 Å². The van der Waals surface area contributed by atoms with E-state index in [2.05, 4.69) is 10.1 Å². The zero-order valence-corrected chi connectivity index (χ0v) is 11.9. The van der Waals surface area contributed by atoms with E-state index in [1.807, 2.05) is 0 Å². The molecule has 2 saturated carbocycles. The summed E-state index contributed by atoms with van der Waals surface area (Å²) in [5, 5.41) is 11.5. The van der Waals surface area contributed by atoms with Gasteiger partial charge in [0.25, 0.3) is 0 Å². The molecule has 1 aromatic rings. The highest BCUT2D eigenvalue weighted by Gasteiger charge is 2.55. The number of halogens is 3. The van der Waals surface area contributed by atoms with Crippen LogP contribution in [0.4, 0.5) is 13.2 Å². The van der Waals surface area contributed by atoms with Gasteiger partial charge in [0.05, 0.1) is 0 Å². The number of aliphatic carboxylic acids is 1. The molecule has 2 fully saturated rings. The van der Waals surface area contributed by atoms with Crippen molar-refractivity contribution >= 4 is 11.9 Å². The van der Waals surface area contributed by atoms with Crippen molar-refractivity contribution in [3.63, 3.8) is 0 Å². The SMILES string of the molecule is O=C(NC1(C(=O)O)CC1)[C@H]1C[C@H]1c1ccccc1OC(F)(F)F. The van der Waals surface area contributed by atoms with E-state index < -0.39 is 35.6 Å². The van der Waals surface area contributed by atoms with Crippen LogP contribution in [0.3, 0.4) is 0 Å². The summed E-state index contributed by atoms with van der Waals surface area (Å²) in [5.41, 5.74) is -0.878. The normalized spacial score (nSPS) is 24.7. The molecule has 8 heteroatoms. The van der Waals surface area contributed by atoms with E-state index >= 15 is 0 Å². The molecule has 2 aliphatic carbocycles. The lowest BCUT2D eigenvalue weighted by Crippen LogP contribution is -2.43. The highest BCUT2D eigenvalue weighted by Crippen LogP contribution is 2.51. The van der Waals surface area contributed by atoms with Gasteiger partial charge in [0.15, 0.2) is 0 Å². The van der Waals surface area contributed by atoms with E-state index in [0.29, 0.717) is 24.8 Å². The van der Waals surface area contributed by atoms with Crippen molar-refractivity contribution in [1.82, 2.24) is 5.32 Å². The van der Waals surface area contributed by atoms with Crippen LogP contribution in [0, 0.1) is 5.92 Å². The summed E-state index contributed by atoms with van der Waals surface area (Å²) >= 11 is 0. The maximum absolute atomic E-state index is 12.4. The number of carboxylic acid groups (broad SMARTS) is 1. The number of hydrogen-bond acceptors (Lipinski definition) is 3. The number of hydrogen-bond donors (Lipinski definition) is 2. The first-order valence-corrected chi connectivity index (χ1v) is 7.12. The molecule has 1 aromatic carbocycles. The largest absolute Gasteiger partial charge is 0.573 e. The van der Waals surface area contributed by atoms with Gasteiger partial charge >= 0.3 is 12.3 Å². The number of amides is 1. The Morgan fingerprint density at radius 1 is 1.26 bits per heavy atom. The molecule has 124 valence electrons. The standard InChI is InChI=1S/C15H14F3NO4/c16-15(17,18)23-11-4-2-1-3-8(11)9-7-10(9)12(20)19-14(5-6-14)13(21)22/h1-4,9-10H,5-7H2,(H,19,20)(H,21,22)/t9-,10-/m0/s1. The monoisotopic (exact) mass is 329 g/mol. The predicted molar refractivity (Wildman–Crippen MR) is 71.7 cm³/mol. The van der Waals surface area contributed by atoms with Crippen molar-refractivity contribution in [1.29, 1.82) is 0 Å². The Hall–Kier alpha value is -2.25. The van der Waals surface area contributed by atoms with Crippen LogP contribution in [0.1, 0.15) is 30.7 Å². The van der Waals surface area contributed by atoms with Gasteiger partial charge in [-0.1, -0.05) is 18.2 Å². The Bertz CT molecular complexity index is 654. The number of carbonyl (C=O) groups is 2. The molecule has 2 atom stereocenters. The van der Waals surface area contributed by atoms with Crippen molar-refractivity contribution in [2.24, 2.45) is 5.92 Å². The molecular weight excluding hydrogens is 315 g/mol. The topological polar surface area (TPSA) is 75.6 Å². The predicted octanol–water partition coefficient (Wildman–Crippen LogP) is 2.42. The smallest absolute Gasteiger partial charge is 0.480 e. The number of carboxylic acids is 1. The minimum absolute atomic E-state index is 0.310. The molecule has 5 nitrogen and oxygen atoms in total. The van der Waals surface area contributed by atoms with Gasteiger partial charge in [0.1, 0.15) is 11.3 Å². The molecule has 0 aliphatic heterocycles.